The molecule has 3 aromatic carbocycles. The van der Waals surface area contributed by atoms with Gasteiger partial charge in [0.15, 0.2) is 0 Å². The average Bonchev–Trinajstić information content (AvgIpc) is 2.81. The molecule has 31 heavy (non-hydrogen) atoms. The van der Waals surface area contributed by atoms with Gasteiger partial charge in [-0.3, -0.25) is 9.69 Å². The molecule has 0 aliphatic carbocycles. The first-order valence-corrected chi connectivity index (χ1v) is 10.4. The van der Waals surface area contributed by atoms with Crippen LogP contribution in [-0.4, -0.2) is 36.1 Å². The maximum Gasteiger partial charge on any atom is 0.255 e. The van der Waals surface area contributed by atoms with Crippen molar-refractivity contribution in [2.24, 2.45) is 0 Å². The number of nitrogens with one attached hydrogen (secondary N) is 1. The van der Waals surface area contributed by atoms with Gasteiger partial charge in [0.05, 0.1) is 7.11 Å². The van der Waals surface area contributed by atoms with Gasteiger partial charge in [-0.2, -0.15) is 0 Å². The van der Waals surface area contributed by atoms with Crippen molar-refractivity contribution < 1.29 is 14.6 Å². The Morgan fingerprint density at radius 2 is 1.71 bits per heavy atom. The smallest absolute Gasteiger partial charge is 0.255 e. The molecule has 0 saturated heterocycles. The van der Waals surface area contributed by atoms with Crippen molar-refractivity contribution in [2.75, 3.05) is 25.5 Å². The van der Waals surface area contributed by atoms with Crippen molar-refractivity contribution >= 4 is 17.2 Å². The van der Waals surface area contributed by atoms with Crippen molar-refractivity contribution in [3.8, 4) is 11.5 Å². The summed E-state index contributed by atoms with van der Waals surface area (Å²) in [7, 11) is 1.62. The molecule has 0 fully saturated rings. The van der Waals surface area contributed by atoms with Crippen LogP contribution in [0.1, 0.15) is 27.9 Å². The maximum atomic E-state index is 12.5. The summed E-state index contributed by atoms with van der Waals surface area (Å²) in [4.78, 5) is 14.9. The van der Waals surface area contributed by atoms with E-state index in [1.54, 1.807) is 19.2 Å². The summed E-state index contributed by atoms with van der Waals surface area (Å²) in [6, 6.07) is 22.4. The number of nitrogens with zero attached hydrogens (tertiary/aromatic N) is 1. The quantitative estimate of drug-likeness (QED) is 0.600. The largest absolute Gasteiger partial charge is 0.508 e. The molecule has 4 rings (SSSR count). The van der Waals surface area contributed by atoms with E-state index in [4.69, 9.17) is 4.74 Å². The Morgan fingerprint density at radius 1 is 1.00 bits per heavy atom. The van der Waals surface area contributed by atoms with Gasteiger partial charge in [-0.15, -0.1) is 0 Å². The minimum absolute atomic E-state index is 0.129. The summed E-state index contributed by atoms with van der Waals surface area (Å²) in [5.74, 6) is 0.921. The van der Waals surface area contributed by atoms with Crippen molar-refractivity contribution in [1.82, 2.24) is 4.90 Å². The van der Waals surface area contributed by atoms with E-state index in [0.29, 0.717) is 11.3 Å². The van der Waals surface area contributed by atoms with E-state index >= 15 is 0 Å². The number of hydrogen-bond donors (Lipinski definition) is 2. The second-order valence-corrected chi connectivity index (χ2v) is 7.64. The predicted molar refractivity (Wildman–Crippen MR) is 123 cm³/mol. The Hall–Kier alpha value is -3.57. The minimum atomic E-state index is -0.129. The zero-order valence-electron chi connectivity index (χ0n) is 17.5. The highest BCUT2D eigenvalue weighted by Crippen LogP contribution is 2.25. The number of phenolic OH excluding ortho intramolecular Hbond substituents is 1. The first kappa shape index (κ1) is 20.7. The molecule has 5 heteroatoms. The SMILES string of the molecule is COc1ccc(NC(=O)c2ccc(CN3CC=C(c4ccc(O)cc4)CC3)cc2)cc1. The van der Waals surface area contributed by atoms with Crippen molar-refractivity contribution in [3.05, 3.63) is 95.6 Å². The molecule has 1 amide bonds. The molecule has 1 heterocycles. The fourth-order valence-electron chi connectivity index (χ4n) is 3.69. The molecule has 158 valence electrons. The van der Waals surface area contributed by atoms with Gasteiger partial charge in [0.2, 0.25) is 0 Å². The molecule has 3 aromatic rings. The van der Waals surface area contributed by atoms with Crippen LogP contribution in [0.15, 0.2) is 78.9 Å². The number of aromatic hydroxyl groups is 1. The molecule has 0 spiro atoms. The summed E-state index contributed by atoms with van der Waals surface area (Å²) in [6.45, 7) is 2.71. The first-order valence-electron chi connectivity index (χ1n) is 10.4. The van der Waals surface area contributed by atoms with Gasteiger partial charge in [-0.05, 0) is 71.7 Å². The standard InChI is InChI=1S/C26H26N2O3/c1-31-25-12-8-23(9-13-25)27-26(30)22-4-2-19(3-5-22)18-28-16-14-21(15-17-28)20-6-10-24(29)11-7-20/h2-14,29H,15-18H2,1H3,(H,27,30). The van der Waals surface area contributed by atoms with E-state index in [9.17, 15) is 9.90 Å². The number of methoxy groups -OCH3 is 1. The molecular weight excluding hydrogens is 388 g/mol. The highest BCUT2D eigenvalue weighted by Gasteiger charge is 2.14. The lowest BCUT2D eigenvalue weighted by molar-refractivity contribution is 0.102. The van der Waals surface area contributed by atoms with Gasteiger partial charge in [-0.1, -0.05) is 30.3 Å². The Kier molecular flexibility index (Phi) is 6.34. The third-order valence-corrected chi connectivity index (χ3v) is 5.50. The highest BCUT2D eigenvalue weighted by atomic mass is 16.5. The highest BCUT2D eigenvalue weighted by molar-refractivity contribution is 6.04. The molecule has 1 aliphatic rings. The van der Waals surface area contributed by atoms with E-state index in [1.807, 2.05) is 60.7 Å². The second kappa shape index (κ2) is 9.49. The zero-order valence-corrected chi connectivity index (χ0v) is 17.5. The van der Waals surface area contributed by atoms with Gasteiger partial charge in [0, 0.05) is 30.9 Å². The molecule has 0 unspecified atom stereocenters. The number of rotatable bonds is 6. The zero-order chi connectivity index (χ0) is 21.6. The fraction of sp³-hybridized carbons (Fsp3) is 0.192. The molecule has 5 nitrogen and oxygen atoms in total. The third kappa shape index (κ3) is 5.32. The van der Waals surface area contributed by atoms with E-state index in [2.05, 4.69) is 16.3 Å². The first-order chi connectivity index (χ1) is 15.1. The van der Waals surface area contributed by atoms with Gasteiger partial charge < -0.3 is 15.2 Å². The number of anilines is 1. The topological polar surface area (TPSA) is 61.8 Å². The molecule has 1 aliphatic heterocycles. The van der Waals surface area contributed by atoms with Crippen LogP contribution >= 0.6 is 0 Å². The lowest BCUT2D eigenvalue weighted by Crippen LogP contribution is -2.28. The Morgan fingerprint density at radius 3 is 2.32 bits per heavy atom. The third-order valence-electron chi connectivity index (χ3n) is 5.50. The lowest BCUT2D eigenvalue weighted by atomic mass is 9.99. The summed E-state index contributed by atoms with van der Waals surface area (Å²) in [5.41, 5.74) is 5.04. The minimum Gasteiger partial charge on any atom is -0.508 e. The van der Waals surface area contributed by atoms with Gasteiger partial charge >= 0.3 is 0 Å². The van der Waals surface area contributed by atoms with Crippen LogP contribution in [-0.2, 0) is 6.54 Å². The molecule has 2 N–H and O–H groups in total. The van der Waals surface area contributed by atoms with E-state index in [1.165, 1.54) is 16.7 Å². The van der Waals surface area contributed by atoms with E-state index < -0.39 is 0 Å². The van der Waals surface area contributed by atoms with Crippen LogP contribution in [0.3, 0.4) is 0 Å². The molecule has 0 aromatic heterocycles. The second-order valence-electron chi connectivity index (χ2n) is 7.64. The Labute approximate surface area is 182 Å². The summed E-state index contributed by atoms with van der Waals surface area (Å²) >= 11 is 0. The molecule has 0 bridgehead atoms. The normalized spacial score (nSPS) is 14.0. The summed E-state index contributed by atoms with van der Waals surface area (Å²) in [5, 5.41) is 12.4. The fourth-order valence-corrected chi connectivity index (χ4v) is 3.69. The number of ether oxygens (including phenoxy) is 1. The Balaban J connectivity index is 1.32. The van der Waals surface area contributed by atoms with E-state index in [0.717, 1.165) is 37.5 Å². The van der Waals surface area contributed by atoms with Crippen molar-refractivity contribution in [1.29, 1.82) is 0 Å². The van der Waals surface area contributed by atoms with Crippen LogP contribution in [0.25, 0.3) is 5.57 Å². The number of amides is 1. The number of phenols is 1. The van der Waals surface area contributed by atoms with Gasteiger partial charge in [0.1, 0.15) is 11.5 Å². The monoisotopic (exact) mass is 414 g/mol. The van der Waals surface area contributed by atoms with E-state index in [-0.39, 0.29) is 5.91 Å². The molecule has 0 atom stereocenters. The van der Waals surface area contributed by atoms with Crippen LogP contribution in [0.2, 0.25) is 0 Å². The van der Waals surface area contributed by atoms with Crippen LogP contribution in [0.4, 0.5) is 5.69 Å². The van der Waals surface area contributed by atoms with Gasteiger partial charge in [-0.25, -0.2) is 0 Å². The predicted octanol–water partition coefficient (Wildman–Crippen LogP) is 4.94. The lowest BCUT2D eigenvalue weighted by Gasteiger charge is -2.26. The molecule has 0 radical (unpaired) electrons. The van der Waals surface area contributed by atoms with Crippen LogP contribution < -0.4 is 10.1 Å². The maximum absolute atomic E-state index is 12.5. The average molecular weight is 415 g/mol. The van der Waals surface area contributed by atoms with Crippen LogP contribution in [0, 0.1) is 0 Å². The number of carbonyl (C=O) groups is 1. The Bertz CT molecular complexity index is 1060. The summed E-state index contributed by atoms with van der Waals surface area (Å²) in [6.07, 6.45) is 3.24. The summed E-state index contributed by atoms with van der Waals surface area (Å²) < 4.78 is 5.14. The number of benzene rings is 3. The van der Waals surface area contributed by atoms with Crippen molar-refractivity contribution in [2.45, 2.75) is 13.0 Å². The molecular formula is C26H26N2O3. The van der Waals surface area contributed by atoms with Crippen molar-refractivity contribution in [3.63, 3.8) is 0 Å². The number of carbonyl (C=O) groups excluding carboxylic acids is 1. The molecule has 0 saturated carbocycles. The number of hydrogen-bond acceptors (Lipinski definition) is 4. The van der Waals surface area contributed by atoms with Gasteiger partial charge in [0.25, 0.3) is 5.91 Å². The van der Waals surface area contributed by atoms with Crippen LogP contribution in [0.5, 0.6) is 11.5 Å².